The van der Waals surface area contributed by atoms with E-state index in [1.54, 1.807) is 11.6 Å². The van der Waals surface area contributed by atoms with Crippen LogP contribution in [0, 0.1) is 5.92 Å². The highest BCUT2D eigenvalue weighted by Crippen LogP contribution is 2.23. The quantitative estimate of drug-likeness (QED) is 0.454. The van der Waals surface area contributed by atoms with Crippen molar-refractivity contribution in [2.75, 3.05) is 0 Å². The number of aromatic nitrogens is 4. The summed E-state index contributed by atoms with van der Waals surface area (Å²) in [6.45, 7) is 7.36. The molecular weight excluding hydrogens is 388 g/mol. The highest BCUT2D eigenvalue weighted by Gasteiger charge is 2.21. The van der Waals surface area contributed by atoms with Crippen LogP contribution in [0.1, 0.15) is 44.9 Å². The first kappa shape index (κ1) is 21.1. The summed E-state index contributed by atoms with van der Waals surface area (Å²) in [5.74, 6) is 0.265. The minimum atomic E-state index is -0.303. The van der Waals surface area contributed by atoms with Crippen LogP contribution >= 0.6 is 0 Å². The summed E-state index contributed by atoms with van der Waals surface area (Å²) in [6, 6.07) is 14.6. The Morgan fingerprint density at radius 3 is 2.52 bits per heavy atom. The molecule has 0 unspecified atom stereocenters. The fraction of sp³-hybridized carbons (Fsp3) is 0.400. The van der Waals surface area contributed by atoms with Gasteiger partial charge in [0.15, 0.2) is 5.65 Å². The molecule has 4 aromatic rings. The Bertz CT molecular complexity index is 1350. The molecule has 0 N–H and O–H groups in total. The monoisotopic (exact) mass is 418 g/mol. The van der Waals surface area contributed by atoms with Crippen LogP contribution in [0.2, 0.25) is 0 Å². The molecule has 2 heterocycles. The molecule has 0 bridgehead atoms. The molecule has 2 aromatic carbocycles. The van der Waals surface area contributed by atoms with Crippen molar-refractivity contribution in [3.63, 3.8) is 0 Å². The van der Waals surface area contributed by atoms with Gasteiger partial charge in [0.05, 0.1) is 12.2 Å². The number of fused-ring (bicyclic) bond motifs is 2. The molecular formula is C25H30N4O2. The predicted molar refractivity (Wildman–Crippen MR) is 126 cm³/mol. The summed E-state index contributed by atoms with van der Waals surface area (Å²) in [4.78, 5) is 26.0. The predicted octanol–water partition coefficient (Wildman–Crippen LogP) is 4.10. The fourth-order valence-electron chi connectivity index (χ4n) is 4.27. The average Bonchev–Trinajstić information content (AvgIpc) is 3.11. The molecule has 31 heavy (non-hydrogen) atoms. The molecule has 4 rings (SSSR count). The molecule has 0 fully saturated rings. The average molecular weight is 419 g/mol. The van der Waals surface area contributed by atoms with Gasteiger partial charge in [0.1, 0.15) is 5.39 Å². The molecule has 0 amide bonds. The van der Waals surface area contributed by atoms with Crippen molar-refractivity contribution >= 4 is 21.8 Å². The van der Waals surface area contributed by atoms with Gasteiger partial charge in [-0.05, 0) is 35.1 Å². The van der Waals surface area contributed by atoms with Gasteiger partial charge in [-0.1, -0.05) is 69.7 Å². The number of rotatable bonds is 7. The molecule has 0 aliphatic heterocycles. The van der Waals surface area contributed by atoms with Crippen LogP contribution in [0.4, 0.5) is 0 Å². The maximum absolute atomic E-state index is 13.1. The van der Waals surface area contributed by atoms with Crippen LogP contribution in [0.5, 0.6) is 0 Å². The van der Waals surface area contributed by atoms with Crippen LogP contribution in [-0.4, -0.2) is 18.9 Å². The van der Waals surface area contributed by atoms with E-state index in [1.165, 1.54) is 15.3 Å². The molecule has 0 radical (unpaired) electrons. The van der Waals surface area contributed by atoms with Gasteiger partial charge in [-0.3, -0.25) is 18.6 Å². The van der Waals surface area contributed by atoms with Crippen molar-refractivity contribution in [1.82, 2.24) is 18.9 Å². The number of unbranched alkanes of at least 4 members (excludes halogenated alkanes) is 1. The molecule has 0 atom stereocenters. The fourth-order valence-corrected chi connectivity index (χ4v) is 4.27. The SMILES string of the molecule is CCCCc1c2c(=O)n(C)c(=O)n(CC(C)C)c2nn1Cc1cccc2ccccc12. The van der Waals surface area contributed by atoms with Gasteiger partial charge in [-0.15, -0.1) is 0 Å². The lowest BCUT2D eigenvalue weighted by atomic mass is 10.0. The van der Waals surface area contributed by atoms with E-state index in [9.17, 15) is 9.59 Å². The van der Waals surface area contributed by atoms with Gasteiger partial charge in [-0.2, -0.15) is 5.10 Å². The van der Waals surface area contributed by atoms with Crippen molar-refractivity contribution in [2.24, 2.45) is 13.0 Å². The molecule has 0 aliphatic rings. The molecule has 0 saturated carbocycles. The Balaban J connectivity index is 1.97. The Morgan fingerprint density at radius 1 is 1.03 bits per heavy atom. The Morgan fingerprint density at radius 2 is 1.77 bits per heavy atom. The van der Waals surface area contributed by atoms with E-state index in [1.807, 2.05) is 16.8 Å². The van der Waals surface area contributed by atoms with E-state index in [0.29, 0.717) is 24.1 Å². The zero-order chi connectivity index (χ0) is 22.1. The third-order valence-electron chi connectivity index (χ3n) is 5.85. The van der Waals surface area contributed by atoms with E-state index in [4.69, 9.17) is 5.10 Å². The van der Waals surface area contributed by atoms with Crippen molar-refractivity contribution in [2.45, 2.75) is 53.1 Å². The molecule has 6 heteroatoms. The Labute approximate surface area is 181 Å². The van der Waals surface area contributed by atoms with Crippen molar-refractivity contribution in [3.05, 3.63) is 74.6 Å². The number of hydrogen-bond donors (Lipinski definition) is 0. The lowest BCUT2D eigenvalue weighted by Gasteiger charge is -2.11. The van der Waals surface area contributed by atoms with Crippen molar-refractivity contribution < 1.29 is 0 Å². The van der Waals surface area contributed by atoms with E-state index in [0.717, 1.165) is 30.5 Å². The summed E-state index contributed by atoms with van der Waals surface area (Å²) >= 11 is 0. The van der Waals surface area contributed by atoms with Crippen molar-refractivity contribution in [3.8, 4) is 0 Å². The summed E-state index contributed by atoms with van der Waals surface area (Å²) in [7, 11) is 1.56. The van der Waals surface area contributed by atoms with E-state index in [-0.39, 0.29) is 17.2 Å². The van der Waals surface area contributed by atoms with Crippen molar-refractivity contribution in [1.29, 1.82) is 0 Å². The first-order valence-corrected chi connectivity index (χ1v) is 11.1. The van der Waals surface area contributed by atoms with Gasteiger partial charge >= 0.3 is 5.69 Å². The lowest BCUT2D eigenvalue weighted by molar-refractivity contribution is 0.497. The number of benzene rings is 2. The Hall–Kier alpha value is -3.15. The molecule has 0 saturated heterocycles. The van der Waals surface area contributed by atoms with Gasteiger partial charge in [0.2, 0.25) is 0 Å². The number of aryl methyl sites for hydroxylation is 1. The number of nitrogens with zero attached hydrogens (tertiary/aromatic N) is 4. The second-order valence-corrected chi connectivity index (χ2v) is 8.70. The Kier molecular flexibility index (Phi) is 5.81. The first-order chi connectivity index (χ1) is 14.9. The van der Waals surface area contributed by atoms with Crippen LogP contribution < -0.4 is 11.2 Å². The highest BCUT2D eigenvalue weighted by molar-refractivity contribution is 5.85. The normalized spacial score (nSPS) is 11.8. The van der Waals surface area contributed by atoms with Crippen LogP contribution in [0.25, 0.3) is 21.8 Å². The zero-order valence-corrected chi connectivity index (χ0v) is 18.8. The van der Waals surface area contributed by atoms with Gasteiger partial charge < -0.3 is 0 Å². The molecule has 0 aliphatic carbocycles. The molecule has 0 spiro atoms. The molecule has 6 nitrogen and oxygen atoms in total. The van der Waals surface area contributed by atoms with Gasteiger partial charge in [0.25, 0.3) is 5.56 Å². The zero-order valence-electron chi connectivity index (χ0n) is 18.8. The van der Waals surface area contributed by atoms with Crippen LogP contribution in [0.15, 0.2) is 52.1 Å². The number of hydrogen-bond acceptors (Lipinski definition) is 3. The standard InChI is InChI=1S/C25H30N4O2/c1-5-6-14-21-22-23(28(15-17(2)3)25(31)27(4)24(22)30)26-29(21)16-19-12-9-11-18-10-7-8-13-20(18)19/h7-13,17H,5-6,14-16H2,1-4H3. The molecule has 162 valence electrons. The van der Waals surface area contributed by atoms with E-state index >= 15 is 0 Å². The smallest absolute Gasteiger partial charge is 0.276 e. The molecule has 2 aromatic heterocycles. The first-order valence-electron chi connectivity index (χ1n) is 11.1. The summed E-state index contributed by atoms with van der Waals surface area (Å²) in [5.41, 5.74) is 2.02. The van der Waals surface area contributed by atoms with E-state index in [2.05, 4.69) is 51.1 Å². The second-order valence-electron chi connectivity index (χ2n) is 8.70. The minimum Gasteiger partial charge on any atom is -0.276 e. The third-order valence-corrected chi connectivity index (χ3v) is 5.85. The third kappa shape index (κ3) is 3.82. The van der Waals surface area contributed by atoms with Gasteiger partial charge in [-0.25, -0.2) is 4.79 Å². The lowest BCUT2D eigenvalue weighted by Crippen LogP contribution is -2.39. The van der Waals surface area contributed by atoms with Crippen LogP contribution in [0.3, 0.4) is 0 Å². The minimum absolute atomic E-state index is 0.254. The summed E-state index contributed by atoms with van der Waals surface area (Å²) in [5, 5.41) is 7.79. The van der Waals surface area contributed by atoms with Crippen LogP contribution in [-0.2, 0) is 26.6 Å². The maximum atomic E-state index is 13.1. The largest absolute Gasteiger partial charge is 0.332 e. The highest BCUT2D eigenvalue weighted by atomic mass is 16.2. The maximum Gasteiger partial charge on any atom is 0.332 e. The second kappa shape index (κ2) is 8.53. The summed E-state index contributed by atoms with van der Waals surface area (Å²) in [6.07, 6.45) is 2.74. The van der Waals surface area contributed by atoms with Gasteiger partial charge in [0, 0.05) is 13.6 Å². The summed E-state index contributed by atoms with van der Waals surface area (Å²) < 4.78 is 4.83. The topological polar surface area (TPSA) is 61.8 Å². The van der Waals surface area contributed by atoms with E-state index < -0.39 is 0 Å².